The van der Waals surface area contributed by atoms with Crippen molar-refractivity contribution in [1.29, 1.82) is 0 Å². The van der Waals surface area contributed by atoms with Gasteiger partial charge in [-0.05, 0) is 17.7 Å². The zero-order valence-electron chi connectivity index (χ0n) is 11.1. The lowest BCUT2D eigenvalue weighted by atomic mass is 9.94. The van der Waals surface area contributed by atoms with Gasteiger partial charge >= 0.3 is 6.36 Å². The summed E-state index contributed by atoms with van der Waals surface area (Å²) in [6.45, 7) is 0. The number of fused-ring (bicyclic) bond motifs is 1. The second-order valence-electron chi connectivity index (χ2n) is 4.82. The summed E-state index contributed by atoms with van der Waals surface area (Å²) in [5, 5.41) is 0. The van der Waals surface area contributed by atoms with Crippen molar-refractivity contribution in [2.75, 3.05) is 0 Å². The summed E-state index contributed by atoms with van der Waals surface area (Å²) >= 11 is 0. The standard InChI is InChI=1S/C16H9F3O3/c17-16(18,19)22-10-7-5-9(6-8-10)13-14(20)11-3-1-2-4-12(11)15(13)21/h1-8,13H. The average molecular weight is 306 g/mol. The number of hydrogen-bond acceptors (Lipinski definition) is 3. The van der Waals surface area contributed by atoms with Crippen LogP contribution in [0.2, 0.25) is 0 Å². The zero-order chi connectivity index (χ0) is 15.9. The first-order valence-corrected chi connectivity index (χ1v) is 6.40. The lowest BCUT2D eigenvalue weighted by Crippen LogP contribution is -2.17. The fourth-order valence-corrected chi connectivity index (χ4v) is 2.51. The molecular weight excluding hydrogens is 297 g/mol. The first-order valence-electron chi connectivity index (χ1n) is 6.40. The SMILES string of the molecule is O=C1c2ccccc2C(=O)C1c1ccc(OC(F)(F)F)cc1. The number of rotatable bonds is 2. The number of benzene rings is 2. The minimum absolute atomic E-state index is 0.341. The fourth-order valence-electron chi connectivity index (χ4n) is 2.51. The van der Waals surface area contributed by atoms with Crippen molar-refractivity contribution in [2.45, 2.75) is 12.3 Å². The van der Waals surface area contributed by atoms with Crippen molar-refractivity contribution in [1.82, 2.24) is 0 Å². The van der Waals surface area contributed by atoms with Crippen LogP contribution in [0.15, 0.2) is 48.5 Å². The van der Waals surface area contributed by atoms with Crippen molar-refractivity contribution in [3.8, 4) is 5.75 Å². The number of halogens is 3. The van der Waals surface area contributed by atoms with Gasteiger partial charge in [-0.1, -0.05) is 36.4 Å². The van der Waals surface area contributed by atoms with Crippen LogP contribution in [0.25, 0.3) is 0 Å². The smallest absolute Gasteiger partial charge is 0.406 e. The van der Waals surface area contributed by atoms with Crippen LogP contribution in [0.1, 0.15) is 32.2 Å². The molecule has 1 aliphatic carbocycles. The average Bonchev–Trinajstić information content (AvgIpc) is 2.71. The van der Waals surface area contributed by atoms with Crippen molar-refractivity contribution >= 4 is 11.6 Å². The Morgan fingerprint density at radius 2 is 1.32 bits per heavy atom. The largest absolute Gasteiger partial charge is 0.573 e. The Hall–Kier alpha value is -2.63. The Balaban J connectivity index is 1.90. The monoisotopic (exact) mass is 306 g/mol. The van der Waals surface area contributed by atoms with E-state index in [0.717, 1.165) is 12.1 Å². The van der Waals surface area contributed by atoms with Gasteiger partial charge in [-0.2, -0.15) is 0 Å². The maximum atomic E-state index is 12.3. The van der Waals surface area contributed by atoms with Crippen molar-refractivity contribution in [2.24, 2.45) is 0 Å². The molecule has 0 aliphatic heterocycles. The molecule has 3 nitrogen and oxygen atoms in total. The molecular formula is C16H9F3O3. The highest BCUT2D eigenvalue weighted by Crippen LogP contribution is 2.34. The van der Waals surface area contributed by atoms with Gasteiger partial charge in [0.05, 0.1) is 0 Å². The highest BCUT2D eigenvalue weighted by Gasteiger charge is 2.39. The normalized spacial score (nSPS) is 15.0. The molecule has 0 saturated carbocycles. The summed E-state index contributed by atoms with van der Waals surface area (Å²) in [6.07, 6.45) is -4.78. The molecule has 0 unspecified atom stereocenters. The predicted molar refractivity (Wildman–Crippen MR) is 71.0 cm³/mol. The first-order chi connectivity index (χ1) is 10.4. The van der Waals surface area contributed by atoms with Crippen LogP contribution in [0.4, 0.5) is 13.2 Å². The third-order valence-electron chi connectivity index (χ3n) is 3.43. The Kier molecular flexibility index (Phi) is 3.24. The lowest BCUT2D eigenvalue weighted by molar-refractivity contribution is -0.274. The molecule has 0 amide bonds. The molecule has 0 aromatic heterocycles. The number of Topliss-reactive ketones (excluding diaryl/α,β-unsaturated/α-hetero) is 2. The van der Waals surface area contributed by atoms with Crippen LogP contribution in [0.5, 0.6) is 5.75 Å². The maximum absolute atomic E-state index is 12.3. The predicted octanol–water partition coefficient (Wildman–Crippen LogP) is 3.75. The van der Waals surface area contributed by atoms with Crippen LogP contribution in [-0.2, 0) is 0 Å². The molecule has 6 heteroatoms. The summed E-state index contributed by atoms with van der Waals surface area (Å²) in [6, 6.07) is 11.2. The van der Waals surface area contributed by atoms with E-state index in [4.69, 9.17) is 0 Å². The molecule has 0 heterocycles. The van der Waals surface area contributed by atoms with Crippen molar-refractivity contribution in [3.63, 3.8) is 0 Å². The van der Waals surface area contributed by atoms with Gasteiger partial charge in [-0.15, -0.1) is 13.2 Å². The minimum Gasteiger partial charge on any atom is -0.406 e. The van der Waals surface area contributed by atoms with Crippen molar-refractivity contribution in [3.05, 3.63) is 65.2 Å². The van der Waals surface area contributed by atoms with Crippen molar-refractivity contribution < 1.29 is 27.5 Å². The van der Waals surface area contributed by atoms with Gasteiger partial charge in [-0.3, -0.25) is 9.59 Å². The van der Waals surface area contributed by atoms with Gasteiger partial charge in [0.25, 0.3) is 0 Å². The van der Waals surface area contributed by atoms with E-state index in [1.807, 2.05) is 0 Å². The van der Waals surface area contributed by atoms with Crippen LogP contribution >= 0.6 is 0 Å². The molecule has 0 N–H and O–H groups in total. The highest BCUT2D eigenvalue weighted by molar-refractivity contribution is 6.29. The Bertz CT molecular complexity index is 713. The van der Waals surface area contributed by atoms with Crippen LogP contribution in [0, 0.1) is 0 Å². The number of ether oxygens (including phenoxy) is 1. The molecule has 0 radical (unpaired) electrons. The third kappa shape index (κ3) is 2.47. The molecule has 0 spiro atoms. The summed E-state index contributed by atoms with van der Waals surface area (Å²) in [7, 11) is 0. The second-order valence-corrected chi connectivity index (χ2v) is 4.82. The lowest BCUT2D eigenvalue weighted by Gasteiger charge is -2.11. The van der Waals surface area contributed by atoms with Gasteiger partial charge < -0.3 is 4.74 Å². The molecule has 1 aliphatic rings. The highest BCUT2D eigenvalue weighted by atomic mass is 19.4. The number of ketones is 2. The van der Waals surface area contributed by atoms with E-state index >= 15 is 0 Å². The summed E-state index contributed by atoms with van der Waals surface area (Å²) in [5.41, 5.74) is 1.03. The van der Waals surface area contributed by atoms with Crippen LogP contribution < -0.4 is 4.74 Å². The van der Waals surface area contributed by atoms with Gasteiger partial charge in [0, 0.05) is 11.1 Å². The molecule has 0 bridgehead atoms. The van der Waals surface area contributed by atoms with Gasteiger partial charge in [0.2, 0.25) is 0 Å². The molecule has 3 rings (SSSR count). The van der Waals surface area contributed by atoms with E-state index in [9.17, 15) is 22.8 Å². The number of carbonyl (C=O) groups is 2. The van der Waals surface area contributed by atoms with E-state index < -0.39 is 18.0 Å². The molecule has 2 aromatic carbocycles. The number of carbonyl (C=O) groups excluding carboxylic acids is 2. The maximum Gasteiger partial charge on any atom is 0.573 e. The summed E-state index contributed by atoms with van der Waals surface area (Å²) in [5.74, 6) is -2.08. The Labute approximate surface area is 123 Å². The zero-order valence-corrected chi connectivity index (χ0v) is 11.1. The molecule has 2 aromatic rings. The fraction of sp³-hybridized carbons (Fsp3) is 0.125. The Morgan fingerprint density at radius 1 is 0.818 bits per heavy atom. The number of alkyl halides is 3. The first kappa shape index (κ1) is 14.3. The topological polar surface area (TPSA) is 43.4 Å². The quantitative estimate of drug-likeness (QED) is 0.794. The van der Waals surface area contributed by atoms with E-state index in [0.29, 0.717) is 16.7 Å². The van der Waals surface area contributed by atoms with Crippen LogP contribution in [-0.4, -0.2) is 17.9 Å². The van der Waals surface area contributed by atoms with Gasteiger partial charge in [0.1, 0.15) is 11.7 Å². The van der Waals surface area contributed by atoms with E-state index in [1.54, 1.807) is 24.3 Å². The molecule has 0 saturated heterocycles. The molecule has 0 fully saturated rings. The number of hydrogen-bond donors (Lipinski definition) is 0. The molecule has 112 valence electrons. The molecule has 22 heavy (non-hydrogen) atoms. The van der Waals surface area contributed by atoms with Gasteiger partial charge in [-0.25, -0.2) is 0 Å². The third-order valence-corrected chi connectivity index (χ3v) is 3.43. The minimum atomic E-state index is -4.78. The van der Waals surface area contributed by atoms with E-state index in [1.165, 1.54) is 12.1 Å². The Morgan fingerprint density at radius 3 is 1.77 bits per heavy atom. The molecule has 0 atom stereocenters. The summed E-state index contributed by atoms with van der Waals surface area (Å²) in [4.78, 5) is 24.6. The van der Waals surface area contributed by atoms with Crippen LogP contribution in [0.3, 0.4) is 0 Å². The summed E-state index contributed by atoms with van der Waals surface area (Å²) < 4.78 is 40.1. The van der Waals surface area contributed by atoms with Gasteiger partial charge in [0.15, 0.2) is 11.6 Å². The van der Waals surface area contributed by atoms with E-state index in [-0.39, 0.29) is 11.6 Å². The van der Waals surface area contributed by atoms with E-state index in [2.05, 4.69) is 4.74 Å². The second kappa shape index (κ2) is 4.98.